The van der Waals surface area contributed by atoms with E-state index in [0.29, 0.717) is 50.2 Å². The van der Waals surface area contributed by atoms with Crippen molar-refractivity contribution in [3.63, 3.8) is 0 Å². The van der Waals surface area contributed by atoms with E-state index in [2.05, 4.69) is 81.2 Å². The number of likely N-dealkylation sites (tertiary alicyclic amines) is 3. The number of piperidine rings is 2. The number of unbranched alkanes of at least 4 members (excludes halogenated alkanes) is 4. The summed E-state index contributed by atoms with van der Waals surface area (Å²) in [5.74, 6) is -0.632. The third-order valence-electron chi connectivity index (χ3n) is 21.8. The number of aromatic nitrogens is 3. The molecule has 7 aromatic rings. The van der Waals surface area contributed by atoms with Crippen molar-refractivity contribution in [1.82, 2.24) is 49.9 Å². The summed E-state index contributed by atoms with van der Waals surface area (Å²) in [6, 6.07) is 27.9. The van der Waals surface area contributed by atoms with Gasteiger partial charge in [-0.3, -0.25) is 29.4 Å². The van der Waals surface area contributed by atoms with Gasteiger partial charge in [0.05, 0.1) is 49.8 Å². The number of piperazine rings is 1. The quantitative estimate of drug-likeness (QED) is 0.0151. The predicted octanol–water partition coefficient (Wildman–Crippen LogP) is 13.1. The number of halogens is 1. The number of aryl methyl sites for hydroxylation is 1. The fourth-order valence-electron chi connectivity index (χ4n) is 15.6. The number of pyridine rings is 1. The Morgan fingerprint density at radius 2 is 1.59 bits per heavy atom. The fraction of sp³-hybridized carbons (Fsp3) is 0.506. The third kappa shape index (κ3) is 19.2. The van der Waals surface area contributed by atoms with Gasteiger partial charge in [0, 0.05) is 99.2 Å². The number of hydrogen-bond acceptors (Lipinski definition) is 18. The van der Waals surface area contributed by atoms with Gasteiger partial charge in [-0.15, -0.1) is 11.3 Å². The number of sulfonamides is 1. The van der Waals surface area contributed by atoms with Crippen molar-refractivity contribution in [3.8, 4) is 21.9 Å². The summed E-state index contributed by atoms with van der Waals surface area (Å²) < 4.78 is 36.8. The maximum absolute atomic E-state index is 14.3. The molecule has 556 valence electrons. The van der Waals surface area contributed by atoms with Gasteiger partial charge in [-0.2, -0.15) is 0 Å². The Hall–Kier alpha value is -7.81. The molecule has 3 aromatic heterocycles. The predicted molar refractivity (Wildman–Crippen MR) is 412 cm³/mol. The molecule has 7 heterocycles. The molecule has 0 saturated carbocycles. The minimum absolute atomic E-state index is 0.0424. The van der Waals surface area contributed by atoms with Gasteiger partial charge in [-0.05, 0) is 192 Å². The standard InChI is InChI=1S/C79H102ClN13O9S2/c1-53-72(103-52-86-53)57-14-12-54(13-15-57)48-85-76(96)70-44-63(94)51-92(70)77(97)73(78(2,3)4)81-31-10-8-7-9-11-33-88-34-28-61(29-35-88)90-36-26-55(27-37-90)47-83-68-23-21-65(45-69(68)93(98)99)104(100,101)87-75(95)66-22-20-62(43-71(66)102-64-42-58-25-32-82-74(58)84-49-64)91-40-38-89(39-41-91)50-59-24-30-79(5,6)46-67(59)56-16-18-60(80)19-17-56/h12-23,25,32,42-43,45,49,52,55,61,63,70,73,81,83,94H,7-11,24,26-31,33-41,44,46-48,50-51H2,1-6H3,(H,82,84)(H,85,96)(H,87,95)/t63-,70+,73-/m1/s1. The highest BCUT2D eigenvalue weighted by atomic mass is 35.5. The molecule has 5 aliphatic rings. The number of nitro groups is 1. The number of anilines is 2. The minimum Gasteiger partial charge on any atom is -0.455 e. The van der Waals surface area contributed by atoms with Crippen molar-refractivity contribution in [2.24, 2.45) is 16.7 Å². The van der Waals surface area contributed by atoms with Crippen molar-refractivity contribution in [3.05, 3.63) is 158 Å². The highest BCUT2D eigenvalue weighted by Gasteiger charge is 2.44. The number of H-pyrrole nitrogens is 1. The molecular weight excluding hydrogens is 1370 g/mol. The molecule has 3 atom stereocenters. The number of β-amino-alcohol motifs (C(OH)–C–C–N with tert-alkyl or cyclic N) is 1. The number of carbonyl (C=O) groups excluding carboxylic acids is 3. The van der Waals surface area contributed by atoms with Gasteiger partial charge in [0.2, 0.25) is 11.8 Å². The Bertz CT molecular complexity index is 4290. The molecule has 0 unspecified atom stereocenters. The number of aliphatic hydroxyl groups is 1. The number of aliphatic hydroxyl groups excluding tert-OH is 1. The van der Waals surface area contributed by atoms with E-state index in [1.807, 2.05) is 75.7 Å². The Morgan fingerprint density at radius 1 is 0.856 bits per heavy atom. The lowest BCUT2D eigenvalue weighted by atomic mass is 9.72. The van der Waals surface area contributed by atoms with E-state index in [9.17, 15) is 38.0 Å². The normalized spacial score (nSPS) is 19.3. The number of ether oxygens (including phenoxy) is 1. The monoisotopic (exact) mass is 1480 g/mol. The van der Waals surface area contributed by atoms with Crippen LogP contribution in [0.25, 0.3) is 27.0 Å². The number of rotatable bonds is 28. The molecule has 0 bridgehead atoms. The molecule has 12 rings (SSSR count). The molecule has 0 spiro atoms. The van der Waals surface area contributed by atoms with Gasteiger partial charge in [0.25, 0.3) is 21.6 Å². The van der Waals surface area contributed by atoms with Crippen LogP contribution in [-0.4, -0.2) is 180 Å². The summed E-state index contributed by atoms with van der Waals surface area (Å²) in [5.41, 5.74) is 9.96. The average molecular weight is 1480 g/mol. The Kier molecular flexibility index (Phi) is 24.6. The number of nitrogens with zero attached hydrogens (tertiary/aromatic N) is 8. The zero-order valence-corrected chi connectivity index (χ0v) is 63.3. The van der Waals surface area contributed by atoms with Gasteiger partial charge >= 0.3 is 0 Å². The number of benzene rings is 4. The van der Waals surface area contributed by atoms with Crippen LogP contribution in [-0.2, 0) is 26.2 Å². The minimum atomic E-state index is -4.62. The van der Waals surface area contributed by atoms with Gasteiger partial charge in [-0.25, -0.2) is 23.1 Å². The number of thiazole rings is 1. The third-order valence-corrected chi connectivity index (χ3v) is 24.3. The number of hydrogen-bond donors (Lipinski definition) is 6. The van der Waals surface area contributed by atoms with Crippen molar-refractivity contribution < 1.29 is 37.6 Å². The smallest absolute Gasteiger partial charge is 0.293 e. The molecule has 4 aliphatic heterocycles. The molecule has 22 nitrogen and oxygen atoms in total. The van der Waals surface area contributed by atoms with Crippen molar-refractivity contribution in [2.75, 3.05) is 95.3 Å². The largest absolute Gasteiger partial charge is 0.455 e. The molecule has 25 heteroatoms. The lowest BCUT2D eigenvalue weighted by Crippen LogP contribution is -2.56. The summed E-state index contributed by atoms with van der Waals surface area (Å²) in [6.45, 7) is 23.4. The topological polar surface area (TPSA) is 264 Å². The number of carbonyl (C=O) groups is 3. The van der Waals surface area contributed by atoms with E-state index in [-0.39, 0.29) is 53.1 Å². The molecule has 4 saturated heterocycles. The second kappa shape index (κ2) is 33.7. The first kappa shape index (κ1) is 75.9. The summed E-state index contributed by atoms with van der Waals surface area (Å²) in [4.78, 5) is 78.1. The first-order valence-electron chi connectivity index (χ1n) is 37.1. The number of amides is 3. The van der Waals surface area contributed by atoms with Crippen molar-refractivity contribution >= 4 is 84.4 Å². The van der Waals surface area contributed by atoms with Crippen LogP contribution in [0.2, 0.25) is 5.02 Å². The van der Waals surface area contributed by atoms with E-state index >= 15 is 0 Å². The maximum atomic E-state index is 14.3. The van der Waals surface area contributed by atoms with Gasteiger partial charge in [0.1, 0.15) is 28.9 Å². The van der Waals surface area contributed by atoms with Crippen LogP contribution >= 0.6 is 22.9 Å². The first-order chi connectivity index (χ1) is 49.9. The van der Waals surface area contributed by atoms with Crippen LogP contribution in [0.5, 0.6) is 11.5 Å². The van der Waals surface area contributed by atoms with E-state index in [0.717, 1.165) is 173 Å². The van der Waals surface area contributed by atoms with Crippen LogP contribution in [0, 0.1) is 33.8 Å². The summed E-state index contributed by atoms with van der Waals surface area (Å²) in [5, 5.41) is 34.7. The summed E-state index contributed by atoms with van der Waals surface area (Å²) >= 11 is 7.89. The number of aromatic amines is 1. The number of nitrogens with one attached hydrogen (secondary N) is 5. The summed E-state index contributed by atoms with van der Waals surface area (Å²) in [7, 11) is -4.62. The Morgan fingerprint density at radius 3 is 2.31 bits per heavy atom. The number of fused-ring (bicyclic) bond motifs is 1. The van der Waals surface area contributed by atoms with Crippen LogP contribution in [0.4, 0.5) is 17.1 Å². The second-order valence-corrected chi connectivity index (χ2v) is 33.9. The van der Waals surface area contributed by atoms with Gasteiger partial charge in [-0.1, -0.05) is 107 Å². The molecule has 0 radical (unpaired) electrons. The Balaban J connectivity index is 0.563. The molecule has 4 aromatic carbocycles. The highest BCUT2D eigenvalue weighted by molar-refractivity contribution is 7.90. The van der Waals surface area contributed by atoms with Crippen molar-refractivity contribution in [2.45, 2.75) is 161 Å². The molecule has 1 aliphatic carbocycles. The van der Waals surface area contributed by atoms with Crippen LogP contribution in [0.1, 0.15) is 145 Å². The number of nitro benzene ring substituents is 1. The van der Waals surface area contributed by atoms with Crippen LogP contribution < -0.4 is 30.3 Å². The Labute approximate surface area is 620 Å². The van der Waals surface area contributed by atoms with Gasteiger partial charge in [0.15, 0.2) is 0 Å². The molecular formula is C79H102ClN13O9S2. The van der Waals surface area contributed by atoms with Gasteiger partial charge < -0.3 is 50.4 Å². The molecule has 4 fully saturated rings. The lowest BCUT2D eigenvalue weighted by molar-refractivity contribution is -0.384. The van der Waals surface area contributed by atoms with Crippen LogP contribution in [0.15, 0.2) is 125 Å². The van der Waals surface area contributed by atoms with Crippen molar-refractivity contribution in [1.29, 1.82) is 0 Å². The number of allylic oxidation sites excluding steroid dienone is 1. The first-order valence-corrected chi connectivity index (χ1v) is 39.9. The maximum Gasteiger partial charge on any atom is 0.293 e. The summed E-state index contributed by atoms with van der Waals surface area (Å²) in [6.07, 6.45) is 15.4. The SMILES string of the molecule is Cc1ncsc1-c1ccc(CNC(=O)[C@@H]2C[C@@H](O)CN2C(=O)[C@@H](NCCCCCCCN2CCC(N3CCC(CNc4ccc(S(=O)(=O)NC(=O)c5ccc(N6CCN(CC7=C(c8ccc(Cl)cc8)CC(C)(C)CC7)CC6)cc5Oc5cnc6[nH]ccc6c5)cc4[N+](=O)[O-])CC3)CC2)C(C)(C)C)cc1. The van der Waals surface area contributed by atoms with E-state index in [1.165, 1.54) is 35.0 Å². The van der Waals surface area contributed by atoms with E-state index in [4.69, 9.17) is 16.3 Å². The highest BCUT2D eigenvalue weighted by Crippen LogP contribution is 2.44. The molecule has 3 amide bonds. The van der Waals surface area contributed by atoms with Crippen LogP contribution in [0.3, 0.4) is 0 Å². The zero-order valence-electron chi connectivity index (χ0n) is 60.9. The molecule has 104 heavy (non-hydrogen) atoms. The van der Waals surface area contributed by atoms with E-state index < -0.39 is 55.0 Å². The molecule has 6 N–H and O–H groups in total. The average Bonchev–Trinajstić information content (AvgIpc) is 1.77. The fourth-order valence-corrected chi connectivity index (χ4v) is 17.5. The zero-order chi connectivity index (χ0) is 73.3. The lowest BCUT2D eigenvalue weighted by Gasteiger charge is -2.42. The second-order valence-electron chi connectivity index (χ2n) is 31.0. The van der Waals surface area contributed by atoms with E-state index in [1.54, 1.807) is 46.7 Å².